The van der Waals surface area contributed by atoms with Gasteiger partial charge in [0.1, 0.15) is 5.56 Å². The molecule has 3 aliphatic rings. The maximum absolute atomic E-state index is 13.3. The second-order valence-electron chi connectivity index (χ2n) is 8.34. The first-order valence-corrected chi connectivity index (χ1v) is 10.6. The number of allylic oxidation sites excluding steroid dienone is 2. The number of hydrogen-bond donors (Lipinski definition) is 1. The standard InChI is InChI=1S/C22H25N5O3/c28-19(9-15-3-1-2-4-15)25-6-5-18-16(12-25)10-24-21(29)20(18)22(30)26-7-8-27-14-23-11-17(27)13-26/h1,3,10-11,14-15H,2,4-9,12-13H2,(H,24,29). The molecule has 5 rings (SSSR count). The number of aromatic nitrogens is 3. The molecule has 0 bridgehead atoms. The van der Waals surface area contributed by atoms with Gasteiger partial charge in [-0.25, -0.2) is 4.98 Å². The van der Waals surface area contributed by atoms with Crippen LogP contribution in [0.25, 0.3) is 0 Å². The molecule has 2 aliphatic heterocycles. The molecule has 8 heteroatoms. The van der Waals surface area contributed by atoms with E-state index >= 15 is 0 Å². The highest BCUT2D eigenvalue weighted by Gasteiger charge is 2.31. The number of H-pyrrole nitrogens is 1. The molecule has 1 aliphatic carbocycles. The molecule has 0 fully saturated rings. The summed E-state index contributed by atoms with van der Waals surface area (Å²) in [7, 11) is 0. The van der Waals surface area contributed by atoms with Gasteiger partial charge in [-0.1, -0.05) is 12.2 Å². The number of pyridine rings is 1. The van der Waals surface area contributed by atoms with E-state index in [1.807, 2.05) is 9.47 Å². The van der Waals surface area contributed by atoms with Crippen molar-refractivity contribution in [2.45, 2.75) is 45.3 Å². The average molecular weight is 407 g/mol. The topological polar surface area (TPSA) is 91.3 Å². The summed E-state index contributed by atoms with van der Waals surface area (Å²) in [5.41, 5.74) is 2.49. The Labute approximate surface area is 174 Å². The highest BCUT2D eigenvalue weighted by molar-refractivity contribution is 5.96. The lowest BCUT2D eigenvalue weighted by atomic mass is 9.95. The quantitative estimate of drug-likeness (QED) is 0.780. The molecule has 156 valence electrons. The van der Waals surface area contributed by atoms with Crippen LogP contribution in [-0.4, -0.2) is 49.2 Å². The van der Waals surface area contributed by atoms with Crippen LogP contribution < -0.4 is 5.56 Å². The lowest BCUT2D eigenvalue weighted by molar-refractivity contribution is -0.132. The average Bonchev–Trinajstić information content (AvgIpc) is 3.44. The number of carbonyl (C=O) groups excluding carboxylic acids is 2. The van der Waals surface area contributed by atoms with Gasteiger partial charge in [0.2, 0.25) is 5.91 Å². The van der Waals surface area contributed by atoms with Crippen LogP contribution in [0.4, 0.5) is 0 Å². The zero-order valence-electron chi connectivity index (χ0n) is 16.8. The number of nitrogens with one attached hydrogen (secondary N) is 1. The predicted octanol–water partition coefficient (Wildman–Crippen LogP) is 1.47. The van der Waals surface area contributed by atoms with Crippen LogP contribution in [0.2, 0.25) is 0 Å². The summed E-state index contributed by atoms with van der Waals surface area (Å²) in [6.07, 6.45) is 12.6. The number of hydrogen-bond acceptors (Lipinski definition) is 4. The van der Waals surface area contributed by atoms with Gasteiger partial charge in [-0.3, -0.25) is 14.4 Å². The van der Waals surface area contributed by atoms with Crippen molar-refractivity contribution in [2.75, 3.05) is 13.1 Å². The van der Waals surface area contributed by atoms with Crippen molar-refractivity contribution < 1.29 is 9.59 Å². The van der Waals surface area contributed by atoms with Crippen LogP contribution in [0.3, 0.4) is 0 Å². The number of fused-ring (bicyclic) bond motifs is 2. The Hall–Kier alpha value is -3.16. The van der Waals surface area contributed by atoms with E-state index in [2.05, 4.69) is 22.1 Å². The summed E-state index contributed by atoms with van der Waals surface area (Å²) < 4.78 is 2.03. The Morgan fingerprint density at radius 2 is 2.07 bits per heavy atom. The molecule has 1 N–H and O–H groups in total. The summed E-state index contributed by atoms with van der Waals surface area (Å²) in [5, 5.41) is 0. The van der Waals surface area contributed by atoms with Crippen molar-refractivity contribution in [3.05, 3.63) is 63.6 Å². The van der Waals surface area contributed by atoms with E-state index in [1.54, 1.807) is 23.6 Å². The molecule has 0 aromatic carbocycles. The molecule has 8 nitrogen and oxygen atoms in total. The second-order valence-corrected chi connectivity index (χ2v) is 8.34. The van der Waals surface area contributed by atoms with Crippen LogP contribution in [0.15, 0.2) is 35.7 Å². The summed E-state index contributed by atoms with van der Waals surface area (Å²) in [4.78, 5) is 49.0. The number of imidazole rings is 1. The summed E-state index contributed by atoms with van der Waals surface area (Å²) in [6, 6.07) is 0. The Morgan fingerprint density at radius 3 is 2.90 bits per heavy atom. The summed E-state index contributed by atoms with van der Waals surface area (Å²) >= 11 is 0. The third kappa shape index (κ3) is 3.36. The molecule has 0 saturated heterocycles. The van der Waals surface area contributed by atoms with Gasteiger partial charge >= 0.3 is 0 Å². The molecule has 2 amide bonds. The van der Waals surface area contributed by atoms with Crippen molar-refractivity contribution in [1.29, 1.82) is 0 Å². The largest absolute Gasteiger partial charge is 0.338 e. The van der Waals surface area contributed by atoms with Gasteiger partial charge in [-0.2, -0.15) is 0 Å². The van der Waals surface area contributed by atoms with Crippen LogP contribution in [0, 0.1) is 5.92 Å². The zero-order chi connectivity index (χ0) is 20.7. The van der Waals surface area contributed by atoms with E-state index in [0.29, 0.717) is 51.5 Å². The van der Waals surface area contributed by atoms with Gasteiger partial charge in [0, 0.05) is 45.0 Å². The van der Waals surface area contributed by atoms with Gasteiger partial charge < -0.3 is 19.4 Å². The minimum atomic E-state index is -0.353. The first-order chi connectivity index (χ1) is 14.6. The van der Waals surface area contributed by atoms with E-state index < -0.39 is 0 Å². The molecule has 0 spiro atoms. The van der Waals surface area contributed by atoms with Gasteiger partial charge in [-0.05, 0) is 36.3 Å². The maximum Gasteiger partial charge on any atom is 0.261 e. The van der Waals surface area contributed by atoms with Gasteiger partial charge in [0.15, 0.2) is 0 Å². The minimum Gasteiger partial charge on any atom is -0.338 e. The van der Waals surface area contributed by atoms with Crippen LogP contribution in [0.1, 0.15) is 46.4 Å². The first kappa shape index (κ1) is 18.8. The molecule has 2 aromatic heterocycles. The van der Waals surface area contributed by atoms with Crippen molar-refractivity contribution in [3.63, 3.8) is 0 Å². The number of amides is 2. The lowest BCUT2D eigenvalue weighted by Crippen LogP contribution is -2.43. The Morgan fingerprint density at radius 1 is 1.17 bits per heavy atom. The van der Waals surface area contributed by atoms with Gasteiger partial charge in [0.25, 0.3) is 11.5 Å². The molecule has 0 saturated carbocycles. The van der Waals surface area contributed by atoms with Crippen LogP contribution in [-0.2, 0) is 30.8 Å². The van der Waals surface area contributed by atoms with E-state index in [0.717, 1.165) is 29.7 Å². The molecule has 2 aromatic rings. The van der Waals surface area contributed by atoms with Crippen LogP contribution >= 0.6 is 0 Å². The predicted molar refractivity (Wildman–Crippen MR) is 110 cm³/mol. The second kappa shape index (κ2) is 7.59. The Kier molecular flexibility index (Phi) is 4.77. The minimum absolute atomic E-state index is 0.139. The zero-order valence-corrected chi connectivity index (χ0v) is 16.8. The van der Waals surface area contributed by atoms with E-state index in [9.17, 15) is 14.4 Å². The maximum atomic E-state index is 13.3. The highest BCUT2D eigenvalue weighted by Crippen LogP contribution is 2.26. The number of aromatic amines is 1. The highest BCUT2D eigenvalue weighted by atomic mass is 16.2. The van der Waals surface area contributed by atoms with Crippen molar-refractivity contribution in [2.24, 2.45) is 5.92 Å². The van der Waals surface area contributed by atoms with E-state index in [-0.39, 0.29) is 22.9 Å². The molecule has 1 unspecified atom stereocenters. The Bertz CT molecular complexity index is 1080. The van der Waals surface area contributed by atoms with E-state index in [1.165, 1.54) is 0 Å². The van der Waals surface area contributed by atoms with Gasteiger partial charge in [0.05, 0.1) is 18.6 Å². The molecule has 4 heterocycles. The third-order valence-corrected chi connectivity index (χ3v) is 6.45. The van der Waals surface area contributed by atoms with Crippen molar-refractivity contribution >= 4 is 11.8 Å². The first-order valence-electron chi connectivity index (χ1n) is 10.6. The number of nitrogens with zero attached hydrogens (tertiary/aromatic N) is 4. The Balaban J connectivity index is 1.36. The molecule has 0 radical (unpaired) electrons. The number of rotatable bonds is 3. The SMILES string of the molecule is O=C(CC1C=CCC1)N1CCc2c(c[nH]c(=O)c2C(=O)N2CCn3cncc3C2)C1. The molecule has 30 heavy (non-hydrogen) atoms. The molecular weight excluding hydrogens is 382 g/mol. The number of carbonyl (C=O) groups is 2. The molecule has 1 atom stereocenters. The fourth-order valence-corrected chi connectivity index (χ4v) is 4.74. The van der Waals surface area contributed by atoms with Crippen LogP contribution in [0.5, 0.6) is 0 Å². The fraction of sp³-hybridized carbons (Fsp3) is 0.455. The van der Waals surface area contributed by atoms with E-state index in [4.69, 9.17) is 0 Å². The normalized spacial score (nSPS) is 20.2. The lowest BCUT2D eigenvalue weighted by Gasteiger charge is -2.32. The van der Waals surface area contributed by atoms with Gasteiger partial charge in [-0.15, -0.1) is 0 Å². The molecular formula is C22H25N5O3. The monoisotopic (exact) mass is 407 g/mol. The summed E-state index contributed by atoms with van der Waals surface area (Å²) in [6.45, 7) is 2.64. The third-order valence-electron chi connectivity index (χ3n) is 6.45. The van der Waals surface area contributed by atoms with Crippen molar-refractivity contribution in [3.8, 4) is 0 Å². The smallest absolute Gasteiger partial charge is 0.261 e. The summed E-state index contributed by atoms with van der Waals surface area (Å²) in [5.74, 6) is 0.233. The fourth-order valence-electron chi connectivity index (χ4n) is 4.74. The van der Waals surface area contributed by atoms with Crippen molar-refractivity contribution in [1.82, 2.24) is 24.3 Å².